The minimum atomic E-state index is -3.79. The van der Waals surface area contributed by atoms with Gasteiger partial charge in [-0.25, -0.2) is 77.7 Å². The molecule has 8 aromatic carbocycles. The van der Waals surface area contributed by atoms with Gasteiger partial charge in [0.05, 0.1) is 114 Å². The van der Waals surface area contributed by atoms with Crippen LogP contribution in [0.2, 0.25) is 0 Å². The predicted molar refractivity (Wildman–Crippen MR) is 453 cm³/mol. The smallest absolute Gasteiger partial charge is 0.693 e. The average molecular weight is 2160 g/mol. The van der Waals surface area contributed by atoms with Crippen LogP contribution in [0.15, 0.2) is 238 Å². The number of aromatic nitrogens is 8. The van der Waals surface area contributed by atoms with Crippen molar-refractivity contribution in [3.8, 4) is 67.8 Å². The van der Waals surface area contributed by atoms with Crippen LogP contribution in [-0.2, 0) is 141 Å². The molecule has 0 saturated heterocycles. The molecule has 24 N–H and O–H groups in total. The van der Waals surface area contributed by atoms with E-state index in [2.05, 4.69) is 20.4 Å². The topological polar surface area (TPSA) is 727 Å². The summed E-state index contributed by atoms with van der Waals surface area (Å²) in [6, 6.07) is 61.6. The van der Waals surface area contributed by atoms with Gasteiger partial charge in [0, 0.05) is 22.3 Å². The number of hydrogen-bond donors (Lipinski definition) is 12. The van der Waals surface area contributed by atoms with E-state index in [1.54, 1.807) is 91.5 Å². The van der Waals surface area contributed by atoms with Gasteiger partial charge in [-0.1, -0.05) is 119 Å². The number of nitrogens with two attached hydrogens (primary N) is 8. The van der Waals surface area contributed by atoms with Crippen LogP contribution in [0, 0.1) is 33.1 Å². The van der Waals surface area contributed by atoms with Gasteiger partial charge in [0.25, 0.3) is 0 Å². The molecule has 0 spiro atoms. The van der Waals surface area contributed by atoms with Crippen LogP contribution in [-0.4, -0.2) is 162 Å². The SMILES string of the molecule is Cc1ccc(-c2cc(CC(=O)O)nn2-c2ccc(S(N)(=O)=O)cc2)cc1.Cc1ccc(-c2cc(CC(=O)O)nn2-c2ccc(S(N)(=O)=O)cc2)cc1.Cc1ccc(-c2cc(CC(=O)O)nn2-c2ccc(S(N)(=O)=O)cc2)cc1.Cc1ccc(-c2cc(CC(=O)O)nn2-c2ccc(S(N)(=O)=O)cc2)cc1.O=C(O)C1(C(=O)O)CCC1.O=C(O)CO.[NH2-].[NH2-].[NH2-].[NH2-].[Pt+2].[Pt+2]. The maximum atomic E-state index is 11.4. The molecule has 45 heteroatoms. The first-order valence-corrected chi connectivity index (χ1v) is 41.3. The van der Waals surface area contributed by atoms with E-state index in [4.69, 9.17) is 66.2 Å². The van der Waals surface area contributed by atoms with E-state index in [0.29, 0.717) is 74.7 Å². The number of carboxylic acids is 7. The predicted octanol–water partition coefficient (Wildman–Crippen LogP) is 10.7. The second-order valence-electron chi connectivity index (χ2n) is 26.7. The van der Waals surface area contributed by atoms with Crippen LogP contribution < -0.4 is 20.6 Å². The molecular formula is C80H88N16O23Pt2S4. The molecule has 1 aliphatic rings. The minimum Gasteiger partial charge on any atom is -0.693 e. The molecule has 13 rings (SSSR count). The molecule has 0 unspecified atom stereocenters. The van der Waals surface area contributed by atoms with Crippen molar-refractivity contribution in [1.29, 1.82) is 0 Å². The number of aliphatic hydroxyl groups is 1. The van der Waals surface area contributed by atoms with Crippen molar-refractivity contribution < 1.29 is 150 Å². The number of rotatable bonds is 23. The molecule has 39 nitrogen and oxygen atoms in total. The first-order chi connectivity index (χ1) is 55.8. The summed E-state index contributed by atoms with van der Waals surface area (Å²) in [5, 5.41) is 106. The summed E-state index contributed by atoms with van der Waals surface area (Å²) in [6.07, 6.45) is 0.429. The second kappa shape index (κ2) is 47.0. The Kier molecular flexibility index (Phi) is 40.9. The van der Waals surface area contributed by atoms with Gasteiger partial charge in [0.15, 0.2) is 5.41 Å². The standard InChI is InChI=1S/4C18H17N3O4S.C6H8O4.C2H4O3.4H2N.2Pt/c4*1-12-2-4-13(5-3-12)17-10-14(11-18(22)23)20-21(17)15-6-8-16(9-7-15)26(19,24)25;7-4(8)6(5(9)10)2-1-3-6;3-1-2(4)5;;;;;;/h4*2-10H,11H2,1H3,(H,22,23)(H2,19,24,25);1-3H2,(H,7,8)(H,9,10);3H,1H2,(H,4,5);4*1H2;;/q;;;;;;4*-1;2*+2. The van der Waals surface area contributed by atoms with Crippen molar-refractivity contribution in [3.63, 3.8) is 0 Å². The molecule has 1 saturated carbocycles. The van der Waals surface area contributed by atoms with Crippen LogP contribution in [0.4, 0.5) is 0 Å². The third-order valence-electron chi connectivity index (χ3n) is 17.6. The first-order valence-electron chi connectivity index (χ1n) is 35.2. The summed E-state index contributed by atoms with van der Waals surface area (Å²) in [4.78, 5) is 74.0. The number of aliphatic carboxylic acids is 7. The van der Waals surface area contributed by atoms with Gasteiger partial charge >= 0.3 is 83.9 Å². The van der Waals surface area contributed by atoms with Gasteiger partial charge in [-0.3, -0.25) is 28.8 Å². The van der Waals surface area contributed by atoms with Gasteiger partial charge in [-0.05, 0) is 168 Å². The molecular weight excluding hydrogens is 2070 g/mol. The number of aryl methyl sites for hydroxylation is 4. The Balaban J connectivity index is 0.000000526. The number of carboxylic acid groups (broad SMARTS) is 7. The third-order valence-corrected chi connectivity index (χ3v) is 21.3. The molecule has 1 aliphatic carbocycles. The number of nitrogens with zero attached hydrogens (tertiary/aromatic N) is 8. The molecule has 0 radical (unpaired) electrons. The van der Waals surface area contributed by atoms with Crippen molar-refractivity contribution in [1.82, 2.24) is 39.1 Å². The summed E-state index contributed by atoms with van der Waals surface area (Å²) in [6.45, 7) is 7.12. The fourth-order valence-electron chi connectivity index (χ4n) is 11.4. The Morgan fingerprint density at radius 1 is 0.312 bits per heavy atom. The van der Waals surface area contributed by atoms with Crippen molar-refractivity contribution >= 4 is 81.9 Å². The fourth-order valence-corrected chi connectivity index (χ4v) is 13.4. The van der Waals surface area contributed by atoms with Gasteiger partial charge in [-0.15, -0.1) is 0 Å². The Hall–Kier alpha value is -12.3. The van der Waals surface area contributed by atoms with Gasteiger partial charge in [0.2, 0.25) is 40.1 Å². The average Bonchev–Trinajstić information content (AvgIpc) is 1.50. The summed E-state index contributed by atoms with van der Waals surface area (Å²) in [7, 11) is -15.1. The largest absolute Gasteiger partial charge is 2.00 e. The maximum Gasteiger partial charge on any atom is 2.00 e. The zero-order chi connectivity index (χ0) is 87.6. The number of hydrogen-bond acceptors (Lipinski definition) is 20. The molecule has 670 valence electrons. The molecule has 0 bridgehead atoms. The van der Waals surface area contributed by atoms with E-state index >= 15 is 0 Å². The van der Waals surface area contributed by atoms with Crippen molar-refractivity contribution in [2.45, 2.75) is 92.2 Å². The molecule has 1 fully saturated rings. The van der Waals surface area contributed by atoms with Crippen LogP contribution in [0.1, 0.15) is 64.3 Å². The van der Waals surface area contributed by atoms with Crippen LogP contribution in [0.5, 0.6) is 0 Å². The zero-order valence-electron chi connectivity index (χ0n) is 66.6. The number of primary sulfonamides is 4. The Bertz CT molecular complexity index is 5480. The fraction of sp³-hybridized carbons (Fsp3) is 0.163. The quantitative estimate of drug-likeness (QED) is 0.0265. The summed E-state index contributed by atoms with van der Waals surface area (Å²) >= 11 is 0. The van der Waals surface area contributed by atoms with Crippen LogP contribution >= 0.6 is 0 Å². The first kappa shape index (κ1) is 109. The number of aliphatic hydroxyl groups excluding tert-OH is 1. The number of sulfonamides is 4. The molecule has 125 heavy (non-hydrogen) atoms. The molecule has 4 aromatic heterocycles. The Morgan fingerprint density at radius 2 is 0.480 bits per heavy atom. The minimum absolute atomic E-state index is 0. The van der Waals surface area contributed by atoms with Crippen molar-refractivity contribution in [3.05, 3.63) is 288 Å². The van der Waals surface area contributed by atoms with Gasteiger partial charge < -0.3 is 65.5 Å². The Morgan fingerprint density at radius 3 is 0.592 bits per heavy atom. The van der Waals surface area contributed by atoms with E-state index in [-0.39, 0.29) is 125 Å². The van der Waals surface area contributed by atoms with Gasteiger partial charge in [0.1, 0.15) is 6.61 Å². The van der Waals surface area contributed by atoms with E-state index in [1.165, 1.54) is 48.5 Å². The molecule has 0 aliphatic heterocycles. The molecule has 0 atom stereocenters. The van der Waals surface area contributed by atoms with Gasteiger partial charge in [-0.2, -0.15) is 20.4 Å². The van der Waals surface area contributed by atoms with Crippen LogP contribution in [0.25, 0.3) is 92.4 Å². The number of benzene rings is 8. The summed E-state index contributed by atoms with van der Waals surface area (Å²) in [5.74, 6) is -7.50. The molecule has 12 aromatic rings. The summed E-state index contributed by atoms with van der Waals surface area (Å²) < 4.78 is 97.7. The second-order valence-corrected chi connectivity index (χ2v) is 33.0. The van der Waals surface area contributed by atoms with E-state index in [0.717, 1.165) is 44.5 Å². The van der Waals surface area contributed by atoms with Crippen LogP contribution in [0.3, 0.4) is 0 Å². The zero-order valence-corrected chi connectivity index (χ0v) is 74.4. The maximum absolute atomic E-state index is 11.4. The summed E-state index contributed by atoms with van der Waals surface area (Å²) in [5.41, 5.74) is 13.3. The molecule has 0 amide bonds. The monoisotopic (exact) mass is 2160 g/mol. The van der Waals surface area contributed by atoms with E-state index < -0.39 is 93.9 Å². The number of carbonyl (C=O) groups is 7. The van der Waals surface area contributed by atoms with Crippen molar-refractivity contribution in [2.24, 2.45) is 26.0 Å². The van der Waals surface area contributed by atoms with E-state index in [9.17, 15) is 62.4 Å². The normalized spacial score (nSPS) is 11.5. The Labute approximate surface area is 746 Å². The van der Waals surface area contributed by atoms with E-state index in [1.807, 2.05) is 125 Å². The molecule has 4 heterocycles. The van der Waals surface area contributed by atoms with Crippen molar-refractivity contribution in [2.75, 3.05) is 6.61 Å². The third kappa shape index (κ3) is 30.6.